The third-order valence-electron chi connectivity index (χ3n) is 7.36. The van der Waals surface area contributed by atoms with E-state index in [0.29, 0.717) is 17.5 Å². The summed E-state index contributed by atoms with van der Waals surface area (Å²) in [6.45, 7) is 2.02. The zero-order valence-electron chi connectivity index (χ0n) is 18.3. The fourth-order valence-electron chi connectivity index (χ4n) is 5.52. The van der Waals surface area contributed by atoms with E-state index in [1.54, 1.807) is 6.07 Å². The highest BCUT2D eigenvalue weighted by Gasteiger charge is 2.34. The summed E-state index contributed by atoms with van der Waals surface area (Å²) in [6, 6.07) is 9.01. The van der Waals surface area contributed by atoms with Crippen molar-refractivity contribution in [1.29, 1.82) is 0 Å². The first-order chi connectivity index (χ1) is 15.8. The second-order valence-electron chi connectivity index (χ2n) is 9.32. The molecule has 33 heavy (non-hydrogen) atoms. The molecule has 1 aliphatic carbocycles. The zero-order chi connectivity index (χ0) is 23.2. The van der Waals surface area contributed by atoms with Gasteiger partial charge >= 0.3 is 6.18 Å². The Morgan fingerprint density at radius 2 is 1.64 bits per heavy atom. The normalized spacial score (nSPS) is 23.9. The number of aliphatic hydroxyl groups excluding tert-OH is 1. The lowest BCUT2D eigenvalue weighted by Crippen LogP contribution is -2.42. The van der Waals surface area contributed by atoms with Gasteiger partial charge in [-0.25, -0.2) is 4.39 Å². The van der Waals surface area contributed by atoms with Gasteiger partial charge in [-0.15, -0.1) is 0 Å². The number of benzene rings is 2. The van der Waals surface area contributed by atoms with Crippen molar-refractivity contribution in [1.82, 2.24) is 4.90 Å². The highest BCUT2D eigenvalue weighted by molar-refractivity contribution is 7.99. The van der Waals surface area contributed by atoms with E-state index in [1.165, 1.54) is 36.0 Å². The third kappa shape index (κ3) is 4.60. The van der Waals surface area contributed by atoms with Crippen LogP contribution in [-0.4, -0.2) is 35.7 Å². The SMILES string of the molecule is OCC1CCC(N2CCC(=C3c4ccc(F)cc4Sc4ccc(C(F)(F)F)cc43)CC2)CC1. The van der Waals surface area contributed by atoms with E-state index in [1.807, 2.05) is 0 Å². The molecule has 0 amide bonds. The van der Waals surface area contributed by atoms with Crippen LogP contribution >= 0.6 is 11.8 Å². The van der Waals surface area contributed by atoms with Crippen molar-refractivity contribution in [2.75, 3.05) is 19.7 Å². The molecule has 1 saturated heterocycles. The zero-order valence-corrected chi connectivity index (χ0v) is 19.1. The van der Waals surface area contributed by atoms with Crippen LogP contribution in [0, 0.1) is 11.7 Å². The maximum atomic E-state index is 14.0. The molecule has 0 atom stereocenters. The molecule has 2 aliphatic heterocycles. The highest BCUT2D eigenvalue weighted by Crippen LogP contribution is 2.49. The second kappa shape index (κ2) is 9.08. The Balaban J connectivity index is 1.47. The van der Waals surface area contributed by atoms with E-state index in [-0.39, 0.29) is 12.4 Å². The number of halogens is 4. The Bertz CT molecular complexity index is 1060. The minimum absolute atomic E-state index is 0.264. The fourth-order valence-corrected chi connectivity index (χ4v) is 6.62. The van der Waals surface area contributed by atoms with E-state index in [2.05, 4.69) is 4.90 Å². The molecule has 176 valence electrons. The second-order valence-corrected chi connectivity index (χ2v) is 10.4. The van der Waals surface area contributed by atoms with Crippen LogP contribution in [0.5, 0.6) is 0 Å². The van der Waals surface area contributed by atoms with E-state index < -0.39 is 11.7 Å². The number of aliphatic hydroxyl groups is 1. The lowest BCUT2D eigenvalue weighted by atomic mass is 9.83. The predicted octanol–water partition coefficient (Wildman–Crippen LogP) is 6.76. The number of hydrogen-bond donors (Lipinski definition) is 1. The summed E-state index contributed by atoms with van der Waals surface area (Å²) in [6.07, 6.45) is 1.47. The van der Waals surface area contributed by atoms with Gasteiger partial charge in [0.1, 0.15) is 5.82 Å². The molecule has 2 aromatic rings. The summed E-state index contributed by atoms with van der Waals surface area (Å²) in [5, 5.41) is 9.40. The predicted molar refractivity (Wildman–Crippen MR) is 122 cm³/mol. The van der Waals surface area contributed by atoms with Gasteiger partial charge in [-0.05, 0) is 91.5 Å². The average molecular weight is 478 g/mol. The molecule has 2 heterocycles. The number of rotatable bonds is 2. The first-order valence-corrected chi connectivity index (χ1v) is 12.4. The van der Waals surface area contributed by atoms with Crippen molar-refractivity contribution in [3.8, 4) is 0 Å². The standard InChI is InChI=1S/C26H27F4NOS/c27-19-4-7-21-24(14-19)33-23-8-3-18(26(28,29)30)13-22(23)25(21)17-9-11-31(12-10-17)20-5-1-16(15-32)2-6-20/h3-4,7-8,13-14,16,20,32H,1-2,5-6,9-12,15H2. The summed E-state index contributed by atoms with van der Waals surface area (Å²) < 4.78 is 54.4. The van der Waals surface area contributed by atoms with Gasteiger partial charge in [0.2, 0.25) is 0 Å². The third-order valence-corrected chi connectivity index (χ3v) is 8.49. The molecule has 0 bridgehead atoms. The molecule has 3 aliphatic rings. The maximum Gasteiger partial charge on any atom is 0.416 e. The van der Waals surface area contributed by atoms with Crippen molar-refractivity contribution < 1.29 is 22.7 Å². The molecule has 5 rings (SSSR count). The van der Waals surface area contributed by atoms with E-state index in [4.69, 9.17) is 0 Å². The first kappa shape index (κ1) is 22.9. The maximum absolute atomic E-state index is 14.0. The molecule has 7 heteroatoms. The number of piperidine rings is 1. The van der Waals surface area contributed by atoms with Crippen LogP contribution in [0.2, 0.25) is 0 Å². The number of alkyl halides is 3. The summed E-state index contributed by atoms with van der Waals surface area (Å²) in [4.78, 5) is 4.01. The van der Waals surface area contributed by atoms with E-state index in [9.17, 15) is 22.7 Å². The van der Waals surface area contributed by atoms with Crippen molar-refractivity contribution in [3.63, 3.8) is 0 Å². The van der Waals surface area contributed by atoms with Gasteiger partial charge < -0.3 is 5.11 Å². The van der Waals surface area contributed by atoms with E-state index >= 15 is 0 Å². The highest BCUT2D eigenvalue weighted by atomic mass is 32.2. The van der Waals surface area contributed by atoms with Gasteiger partial charge in [-0.3, -0.25) is 4.90 Å². The molecule has 0 unspecified atom stereocenters. The van der Waals surface area contributed by atoms with Gasteiger partial charge in [-0.1, -0.05) is 23.4 Å². The number of fused-ring (bicyclic) bond motifs is 2. The number of hydrogen-bond acceptors (Lipinski definition) is 3. The Morgan fingerprint density at radius 1 is 0.909 bits per heavy atom. The summed E-state index contributed by atoms with van der Waals surface area (Å²) in [7, 11) is 0. The van der Waals surface area contributed by atoms with Gasteiger partial charge in [0, 0.05) is 35.5 Å². The van der Waals surface area contributed by atoms with Gasteiger partial charge in [0.05, 0.1) is 5.56 Å². The van der Waals surface area contributed by atoms with Crippen molar-refractivity contribution in [2.24, 2.45) is 5.92 Å². The Morgan fingerprint density at radius 3 is 2.30 bits per heavy atom. The largest absolute Gasteiger partial charge is 0.416 e. The summed E-state index contributed by atoms with van der Waals surface area (Å²) in [5.41, 5.74) is 2.81. The van der Waals surface area contributed by atoms with Crippen LogP contribution in [0.25, 0.3) is 5.57 Å². The van der Waals surface area contributed by atoms with Gasteiger partial charge in [-0.2, -0.15) is 13.2 Å². The molecule has 0 aromatic heterocycles. The lowest BCUT2D eigenvalue weighted by Gasteiger charge is -2.40. The number of likely N-dealkylation sites (tertiary alicyclic amines) is 1. The Labute approximate surface area is 195 Å². The molecular weight excluding hydrogens is 450 g/mol. The molecule has 2 aromatic carbocycles. The molecule has 0 radical (unpaired) electrons. The van der Waals surface area contributed by atoms with Crippen LogP contribution in [0.1, 0.15) is 55.2 Å². The monoisotopic (exact) mass is 477 g/mol. The fraction of sp³-hybridized carbons (Fsp3) is 0.462. The first-order valence-electron chi connectivity index (χ1n) is 11.6. The topological polar surface area (TPSA) is 23.5 Å². The van der Waals surface area contributed by atoms with Crippen molar-refractivity contribution in [2.45, 2.75) is 60.5 Å². The van der Waals surface area contributed by atoms with Gasteiger partial charge in [0.25, 0.3) is 0 Å². The van der Waals surface area contributed by atoms with Crippen molar-refractivity contribution in [3.05, 3.63) is 64.5 Å². The average Bonchev–Trinajstić information content (AvgIpc) is 2.82. The molecule has 2 nitrogen and oxygen atoms in total. The van der Waals surface area contributed by atoms with Crippen LogP contribution in [0.3, 0.4) is 0 Å². The molecule has 1 saturated carbocycles. The summed E-state index contributed by atoms with van der Waals surface area (Å²) in [5.74, 6) is 0.0777. The summed E-state index contributed by atoms with van der Waals surface area (Å²) >= 11 is 1.34. The smallest absolute Gasteiger partial charge is 0.396 e. The van der Waals surface area contributed by atoms with Crippen molar-refractivity contribution >= 4 is 17.3 Å². The van der Waals surface area contributed by atoms with Gasteiger partial charge in [0.15, 0.2) is 0 Å². The van der Waals surface area contributed by atoms with Crippen LogP contribution in [-0.2, 0) is 6.18 Å². The minimum atomic E-state index is -4.41. The minimum Gasteiger partial charge on any atom is -0.396 e. The van der Waals surface area contributed by atoms with Crippen LogP contribution < -0.4 is 0 Å². The number of nitrogens with zero attached hydrogens (tertiary/aromatic N) is 1. The van der Waals surface area contributed by atoms with Crippen LogP contribution in [0.15, 0.2) is 51.8 Å². The lowest BCUT2D eigenvalue weighted by molar-refractivity contribution is -0.137. The quantitative estimate of drug-likeness (QED) is 0.413. The van der Waals surface area contributed by atoms with E-state index in [0.717, 1.165) is 84.2 Å². The molecule has 2 fully saturated rings. The Kier molecular flexibility index (Phi) is 6.31. The molecule has 0 spiro atoms. The molecular formula is C26H27F4NOS. The molecule has 1 N–H and O–H groups in total. The Hall–Kier alpha value is -1.83. The van der Waals surface area contributed by atoms with Crippen LogP contribution in [0.4, 0.5) is 17.6 Å².